The molecule has 0 saturated heterocycles. The number of alkyl halides is 2. The van der Waals surface area contributed by atoms with Crippen molar-refractivity contribution < 1.29 is 28.2 Å². The summed E-state index contributed by atoms with van der Waals surface area (Å²) >= 11 is 0. The van der Waals surface area contributed by atoms with Crippen LogP contribution >= 0.6 is 0 Å². The van der Waals surface area contributed by atoms with Crippen molar-refractivity contribution in [3.8, 4) is 11.6 Å². The number of rotatable bonds is 7. The van der Waals surface area contributed by atoms with Crippen LogP contribution in [0, 0.1) is 6.92 Å². The van der Waals surface area contributed by atoms with Crippen molar-refractivity contribution in [2.24, 2.45) is 0 Å². The van der Waals surface area contributed by atoms with E-state index in [0.717, 1.165) is 6.20 Å². The monoisotopic (exact) mass is 411 g/mol. The van der Waals surface area contributed by atoms with Gasteiger partial charge >= 0.3 is 5.97 Å². The van der Waals surface area contributed by atoms with Gasteiger partial charge < -0.3 is 14.6 Å². The molecular weight excluding hydrogens is 384 g/mol. The van der Waals surface area contributed by atoms with Gasteiger partial charge in [-0.15, -0.1) is 0 Å². The Hall–Kier alpha value is -2.55. The largest absolute Gasteiger partial charge is 0.461 e. The molecule has 1 atom stereocenters. The van der Waals surface area contributed by atoms with Crippen LogP contribution in [0.1, 0.15) is 80.7 Å². The molecule has 2 aromatic rings. The first-order chi connectivity index (χ1) is 13.5. The minimum atomic E-state index is -2.89. The fraction of sp³-hybridized carbons (Fsp3) is 0.550. The van der Waals surface area contributed by atoms with Crippen LogP contribution in [-0.4, -0.2) is 32.4 Å². The number of hydrogen-bond acceptors (Lipinski definition) is 6. The molecule has 0 bridgehead atoms. The van der Waals surface area contributed by atoms with Crippen molar-refractivity contribution >= 4 is 5.97 Å². The minimum absolute atomic E-state index is 0.00472. The second-order valence-corrected chi connectivity index (χ2v) is 7.55. The molecule has 9 heteroatoms. The lowest BCUT2D eigenvalue weighted by Crippen LogP contribution is -2.24. The van der Waals surface area contributed by atoms with Crippen LogP contribution in [0.25, 0.3) is 0 Å². The van der Waals surface area contributed by atoms with E-state index in [1.807, 2.05) is 20.8 Å². The van der Waals surface area contributed by atoms with Crippen molar-refractivity contribution in [1.82, 2.24) is 14.8 Å². The van der Waals surface area contributed by atoms with Gasteiger partial charge in [-0.3, -0.25) is 4.98 Å². The fourth-order valence-corrected chi connectivity index (χ4v) is 2.82. The summed E-state index contributed by atoms with van der Waals surface area (Å²) in [6.45, 7) is 10.7. The SMILES string of the molecule is CCOC(=O)c1nn(C(C)(C)C)c(Oc2cncc(C(O)CC)c2C(F)F)c1C. The molecule has 2 rings (SSSR count). The second-order valence-electron chi connectivity index (χ2n) is 7.55. The summed E-state index contributed by atoms with van der Waals surface area (Å²) in [6.07, 6.45) is -1.37. The summed E-state index contributed by atoms with van der Waals surface area (Å²) in [5.74, 6) is -0.693. The molecule has 0 saturated carbocycles. The number of ether oxygens (including phenoxy) is 2. The summed E-state index contributed by atoms with van der Waals surface area (Å²) < 4.78 is 40.0. The van der Waals surface area contributed by atoms with E-state index in [9.17, 15) is 18.7 Å². The molecule has 1 N–H and O–H groups in total. The van der Waals surface area contributed by atoms with Gasteiger partial charge in [-0.1, -0.05) is 6.92 Å². The summed E-state index contributed by atoms with van der Waals surface area (Å²) in [6, 6.07) is 0. The van der Waals surface area contributed by atoms with E-state index in [-0.39, 0.29) is 35.9 Å². The molecule has 7 nitrogen and oxygen atoms in total. The number of aliphatic hydroxyl groups is 1. The zero-order valence-corrected chi connectivity index (χ0v) is 17.5. The third-order valence-corrected chi connectivity index (χ3v) is 4.32. The predicted octanol–water partition coefficient (Wildman–Crippen LogP) is 4.69. The average Bonchev–Trinajstić information content (AvgIpc) is 2.97. The van der Waals surface area contributed by atoms with E-state index in [4.69, 9.17) is 9.47 Å². The number of carbonyl (C=O) groups excluding carboxylic acids is 1. The highest BCUT2D eigenvalue weighted by molar-refractivity contribution is 5.89. The molecular formula is C20H27F2N3O4. The molecule has 0 spiro atoms. The maximum atomic E-state index is 13.8. The fourth-order valence-electron chi connectivity index (χ4n) is 2.82. The normalized spacial score (nSPS) is 12.9. The summed E-state index contributed by atoms with van der Waals surface area (Å²) in [4.78, 5) is 16.2. The van der Waals surface area contributed by atoms with Gasteiger partial charge in [-0.25, -0.2) is 18.3 Å². The van der Waals surface area contributed by atoms with Gasteiger partial charge in [0, 0.05) is 17.3 Å². The Bertz CT molecular complexity index is 875. The van der Waals surface area contributed by atoms with Gasteiger partial charge in [-0.2, -0.15) is 5.10 Å². The number of hydrogen-bond donors (Lipinski definition) is 1. The van der Waals surface area contributed by atoms with E-state index in [1.54, 1.807) is 20.8 Å². The zero-order chi connectivity index (χ0) is 21.9. The van der Waals surface area contributed by atoms with Crippen LogP contribution in [0.2, 0.25) is 0 Å². The number of halogens is 2. The Morgan fingerprint density at radius 3 is 2.45 bits per heavy atom. The minimum Gasteiger partial charge on any atom is -0.461 e. The van der Waals surface area contributed by atoms with Crippen LogP contribution < -0.4 is 4.74 Å². The average molecular weight is 411 g/mol. The number of pyridine rings is 1. The highest BCUT2D eigenvalue weighted by atomic mass is 19.3. The highest BCUT2D eigenvalue weighted by Crippen LogP contribution is 2.39. The number of esters is 1. The lowest BCUT2D eigenvalue weighted by molar-refractivity contribution is 0.0516. The molecule has 0 fully saturated rings. The van der Waals surface area contributed by atoms with Crippen molar-refractivity contribution in [2.45, 2.75) is 66.0 Å². The molecule has 2 aromatic heterocycles. The maximum Gasteiger partial charge on any atom is 0.359 e. The van der Waals surface area contributed by atoms with Gasteiger partial charge in [0.05, 0.1) is 30.0 Å². The number of aromatic nitrogens is 3. The van der Waals surface area contributed by atoms with Crippen LogP contribution in [0.3, 0.4) is 0 Å². The Morgan fingerprint density at radius 1 is 1.28 bits per heavy atom. The Kier molecular flexibility index (Phi) is 6.94. The molecule has 2 heterocycles. The summed E-state index contributed by atoms with van der Waals surface area (Å²) in [5.41, 5.74) is -0.629. The zero-order valence-electron chi connectivity index (χ0n) is 17.5. The maximum absolute atomic E-state index is 13.8. The van der Waals surface area contributed by atoms with E-state index < -0.39 is 29.6 Å². The molecule has 1 unspecified atom stereocenters. The second kappa shape index (κ2) is 8.86. The number of nitrogens with zero attached hydrogens (tertiary/aromatic N) is 3. The first kappa shape index (κ1) is 22.7. The van der Waals surface area contributed by atoms with Crippen molar-refractivity contribution in [2.75, 3.05) is 6.61 Å². The summed E-state index contributed by atoms with van der Waals surface area (Å²) in [7, 11) is 0. The third kappa shape index (κ3) is 4.72. The Morgan fingerprint density at radius 2 is 1.93 bits per heavy atom. The standard InChI is InChI=1S/C20H27F2N3O4/c1-7-13(26)12-9-23-10-14(15(12)17(21)22)29-18-11(3)16(19(27)28-8-2)24-25(18)20(4,5)6/h9-10,13,17,26H,7-8H2,1-6H3. The van der Waals surface area contributed by atoms with Crippen molar-refractivity contribution in [1.29, 1.82) is 0 Å². The number of aliphatic hydroxyl groups excluding tert-OH is 1. The first-order valence-electron chi connectivity index (χ1n) is 9.41. The van der Waals surface area contributed by atoms with Crippen molar-refractivity contribution in [3.05, 3.63) is 34.8 Å². The predicted molar refractivity (Wildman–Crippen MR) is 102 cm³/mol. The van der Waals surface area contributed by atoms with Crippen LogP contribution in [0.15, 0.2) is 12.4 Å². The lowest BCUT2D eigenvalue weighted by atomic mass is 10.0. The summed E-state index contributed by atoms with van der Waals surface area (Å²) in [5, 5.41) is 14.4. The quantitative estimate of drug-likeness (QED) is 0.665. The van der Waals surface area contributed by atoms with E-state index in [0.29, 0.717) is 5.56 Å². The first-order valence-corrected chi connectivity index (χ1v) is 9.41. The van der Waals surface area contributed by atoms with Crippen LogP contribution in [0.5, 0.6) is 11.6 Å². The Labute approximate surface area is 168 Å². The van der Waals surface area contributed by atoms with Gasteiger partial charge in [0.25, 0.3) is 6.43 Å². The van der Waals surface area contributed by atoms with Gasteiger partial charge in [-0.05, 0) is 41.0 Å². The van der Waals surface area contributed by atoms with E-state index in [2.05, 4.69) is 10.1 Å². The molecule has 0 amide bonds. The smallest absolute Gasteiger partial charge is 0.359 e. The van der Waals surface area contributed by atoms with Gasteiger partial charge in [0.15, 0.2) is 11.4 Å². The third-order valence-electron chi connectivity index (χ3n) is 4.32. The molecule has 0 radical (unpaired) electrons. The molecule has 0 aliphatic carbocycles. The van der Waals surface area contributed by atoms with E-state index in [1.165, 1.54) is 10.9 Å². The highest BCUT2D eigenvalue weighted by Gasteiger charge is 2.30. The van der Waals surface area contributed by atoms with Gasteiger partial charge in [0.1, 0.15) is 0 Å². The molecule has 0 aliphatic heterocycles. The number of carbonyl (C=O) groups is 1. The molecule has 160 valence electrons. The molecule has 0 aliphatic rings. The van der Waals surface area contributed by atoms with Gasteiger partial charge in [0.2, 0.25) is 5.88 Å². The molecule has 0 aromatic carbocycles. The Balaban J connectivity index is 2.64. The topological polar surface area (TPSA) is 86.5 Å². The molecule has 29 heavy (non-hydrogen) atoms. The van der Waals surface area contributed by atoms with Crippen LogP contribution in [0.4, 0.5) is 8.78 Å². The van der Waals surface area contributed by atoms with Crippen LogP contribution in [-0.2, 0) is 10.3 Å². The van der Waals surface area contributed by atoms with Crippen molar-refractivity contribution in [3.63, 3.8) is 0 Å². The van der Waals surface area contributed by atoms with E-state index >= 15 is 0 Å². The lowest BCUT2D eigenvalue weighted by Gasteiger charge is -2.23.